The molecule has 2 aromatic heterocycles. The van der Waals surface area contributed by atoms with Crippen LogP contribution in [0.3, 0.4) is 0 Å². The number of rotatable bonds is 1. The van der Waals surface area contributed by atoms with Crippen molar-refractivity contribution in [1.82, 2.24) is 9.55 Å². The van der Waals surface area contributed by atoms with E-state index in [1.54, 1.807) is 23.9 Å². The normalized spacial score (nSPS) is 10.8. The molecule has 1 aromatic carbocycles. The molecule has 94 valence electrons. The molecule has 0 spiro atoms. The highest BCUT2D eigenvalue weighted by molar-refractivity contribution is 9.10. The van der Waals surface area contributed by atoms with E-state index in [1.165, 1.54) is 0 Å². The molecule has 0 N–H and O–H groups in total. The van der Waals surface area contributed by atoms with Gasteiger partial charge in [0, 0.05) is 29.2 Å². The van der Waals surface area contributed by atoms with Gasteiger partial charge in [-0.15, -0.1) is 0 Å². The zero-order chi connectivity index (χ0) is 13.4. The fourth-order valence-electron chi connectivity index (χ4n) is 2.17. The molecule has 0 radical (unpaired) electrons. The molecule has 0 aliphatic heterocycles. The molecule has 0 amide bonds. The minimum atomic E-state index is -0.0545. The van der Waals surface area contributed by atoms with Gasteiger partial charge >= 0.3 is 0 Å². The van der Waals surface area contributed by atoms with Gasteiger partial charge in [0.25, 0.3) is 5.56 Å². The Bertz CT molecular complexity index is 824. The Morgan fingerprint density at radius 1 is 1.16 bits per heavy atom. The maximum absolute atomic E-state index is 12.0. The Morgan fingerprint density at radius 2 is 2.00 bits per heavy atom. The van der Waals surface area contributed by atoms with Crippen molar-refractivity contribution in [3.8, 4) is 11.1 Å². The van der Waals surface area contributed by atoms with Crippen LogP contribution in [0.2, 0.25) is 0 Å². The van der Waals surface area contributed by atoms with E-state index in [1.807, 2.05) is 36.4 Å². The molecule has 3 rings (SSSR count). The number of pyridine rings is 2. The Kier molecular flexibility index (Phi) is 2.95. The number of halogens is 1. The summed E-state index contributed by atoms with van der Waals surface area (Å²) in [5.74, 6) is 0. The first kappa shape index (κ1) is 12.1. The first-order chi connectivity index (χ1) is 9.16. The third-order valence-electron chi connectivity index (χ3n) is 3.13. The predicted molar refractivity (Wildman–Crippen MR) is 80.1 cm³/mol. The van der Waals surface area contributed by atoms with Crippen LogP contribution in [0.15, 0.2) is 57.9 Å². The quantitative estimate of drug-likeness (QED) is 0.690. The molecule has 0 fully saturated rings. The summed E-state index contributed by atoms with van der Waals surface area (Å²) in [7, 11) is 1.74. The largest absolute Gasteiger partial charge is 0.296 e. The molecule has 0 aliphatic carbocycles. The zero-order valence-electron chi connectivity index (χ0n) is 10.3. The molecule has 4 heteroatoms. The van der Waals surface area contributed by atoms with Gasteiger partial charge in [-0.2, -0.15) is 0 Å². The smallest absolute Gasteiger partial charge is 0.252 e. The molecule has 3 aromatic rings. The van der Waals surface area contributed by atoms with Crippen LogP contribution >= 0.6 is 15.9 Å². The summed E-state index contributed by atoms with van der Waals surface area (Å²) in [4.78, 5) is 16.3. The summed E-state index contributed by atoms with van der Waals surface area (Å²) in [6, 6.07) is 13.4. The van der Waals surface area contributed by atoms with Crippen molar-refractivity contribution < 1.29 is 0 Å². The molecular formula is C15H11BrN2O. The van der Waals surface area contributed by atoms with Gasteiger partial charge in [-0.05, 0) is 35.4 Å². The van der Waals surface area contributed by atoms with Gasteiger partial charge in [-0.1, -0.05) is 28.1 Å². The molecule has 0 unspecified atom stereocenters. The number of nitrogens with zero attached hydrogens (tertiary/aromatic N) is 2. The van der Waals surface area contributed by atoms with E-state index in [4.69, 9.17) is 0 Å². The lowest BCUT2D eigenvalue weighted by molar-refractivity contribution is 0.888. The number of fused-ring (bicyclic) bond motifs is 1. The summed E-state index contributed by atoms with van der Waals surface area (Å²) in [5, 5.41) is 0.975. The highest BCUT2D eigenvalue weighted by atomic mass is 79.9. The molecule has 0 saturated carbocycles. The molecular weight excluding hydrogens is 304 g/mol. The Morgan fingerprint density at radius 3 is 2.79 bits per heavy atom. The van der Waals surface area contributed by atoms with Crippen molar-refractivity contribution in [3.05, 3.63) is 63.5 Å². The monoisotopic (exact) mass is 314 g/mol. The lowest BCUT2D eigenvalue weighted by Crippen LogP contribution is -2.17. The standard InChI is InChI=1S/C15H11BrN2O/c1-18-14(19)9-13(10-4-2-5-11(16)8-10)12-6-3-7-17-15(12)18/h2-9H,1H3. The Hall–Kier alpha value is -1.94. The molecule has 3 nitrogen and oxygen atoms in total. The van der Waals surface area contributed by atoms with Crippen LogP contribution in [-0.2, 0) is 7.05 Å². The summed E-state index contributed by atoms with van der Waals surface area (Å²) >= 11 is 3.46. The fourth-order valence-corrected chi connectivity index (χ4v) is 2.57. The topological polar surface area (TPSA) is 34.9 Å². The van der Waals surface area contributed by atoms with E-state index >= 15 is 0 Å². The van der Waals surface area contributed by atoms with Crippen LogP contribution in [0.5, 0.6) is 0 Å². The number of hydrogen-bond acceptors (Lipinski definition) is 2. The fraction of sp³-hybridized carbons (Fsp3) is 0.0667. The van der Waals surface area contributed by atoms with E-state index in [0.29, 0.717) is 5.65 Å². The summed E-state index contributed by atoms with van der Waals surface area (Å²) in [5.41, 5.74) is 2.56. The van der Waals surface area contributed by atoms with Gasteiger partial charge in [-0.3, -0.25) is 9.36 Å². The van der Waals surface area contributed by atoms with E-state index in [2.05, 4.69) is 20.9 Å². The van der Waals surface area contributed by atoms with Crippen LogP contribution < -0.4 is 5.56 Å². The van der Waals surface area contributed by atoms with E-state index in [0.717, 1.165) is 21.0 Å². The Balaban J connectivity index is 2.42. The maximum atomic E-state index is 12.0. The Labute approximate surface area is 118 Å². The van der Waals surface area contributed by atoms with Gasteiger partial charge in [0.1, 0.15) is 5.65 Å². The highest BCUT2D eigenvalue weighted by Gasteiger charge is 2.09. The number of benzene rings is 1. The average molecular weight is 315 g/mol. The minimum Gasteiger partial charge on any atom is -0.296 e. The third-order valence-corrected chi connectivity index (χ3v) is 3.62. The van der Waals surface area contributed by atoms with Crippen LogP contribution in [-0.4, -0.2) is 9.55 Å². The lowest BCUT2D eigenvalue weighted by atomic mass is 10.0. The van der Waals surface area contributed by atoms with Crippen LogP contribution in [0.25, 0.3) is 22.2 Å². The summed E-state index contributed by atoms with van der Waals surface area (Å²) in [6.45, 7) is 0. The van der Waals surface area contributed by atoms with Crippen molar-refractivity contribution in [3.63, 3.8) is 0 Å². The number of hydrogen-bond donors (Lipinski definition) is 0. The second-order valence-electron chi connectivity index (χ2n) is 4.34. The maximum Gasteiger partial charge on any atom is 0.252 e. The van der Waals surface area contributed by atoms with Gasteiger partial charge in [0.05, 0.1) is 0 Å². The van der Waals surface area contributed by atoms with Crippen molar-refractivity contribution in [2.75, 3.05) is 0 Å². The van der Waals surface area contributed by atoms with Gasteiger partial charge in [-0.25, -0.2) is 4.98 Å². The lowest BCUT2D eigenvalue weighted by Gasteiger charge is -2.09. The first-order valence-corrected chi connectivity index (χ1v) is 6.67. The molecule has 0 aliphatic rings. The molecule has 0 bridgehead atoms. The van der Waals surface area contributed by atoms with Crippen molar-refractivity contribution in [2.24, 2.45) is 7.05 Å². The molecule has 2 heterocycles. The second kappa shape index (κ2) is 4.63. The van der Waals surface area contributed by atoms with E-state index in [-0.39, 0.29) is 5.56 Å². The molecule has 0 saturated heterocycles. The first-order valence-electron chi connectivity index (χ1n) is 5.87. The minimum absolute atomic E-state index is 0.0545. The molecule has 0 atom stereocenters. The second-order valence-corrected chi connectivity index (χ2v) is 5.26. The SMILES string of the molecule is Cn1c(=O)cc(-c2cccc(Br)c2)c2cccnc21. The van der Waals surface area contributed by atoms with Crippen LogP contribution in [0.1, 0.15) is 0 Å². The van der Waals surface area contributed by atoms with E-state index < -0.39 is 0 Å². The van der Waals surface area contributed by atoms with Crippen LogP contribution in [0.4, 0.5) is 0 Å². The van der Waals surface area contributed by atoms with Gasteiger partial charge < -0.3 is 0 Å². The highest BCUT2D eigenvalue weighted by Crippen LogP contribution is 2.27. The summed E-state index contributed by atoms with van der Waals surface area (Å²) in [6.07, 6.45) is 1.70. The van der Waals surface area contributed by atoms with Crippen molar-refractivity contribution >= 4 is 27.0 Å². The number of aromatic nitrogens is 2. The van der Waals surface area contributed by atoms with Gasteiger partial charge in [0.2, 0.25) is 0 Å². The van der Waals surface area contributed by atoms with E-state index in [9.17, 15) is 4.79 Å². The summed E-state index contributed by atoms with van der Waals surface area (Å²) < 4.78 is 2.55. The molecule has 19 heavy (non-hydrogen) atoms. The number of aryl methyl sites for hydroxylation is 1. The third kappa shape index (κ3) is 2.08. The average Bonchev–Trinajstić information content (AvgIpc) is 2.43. The van der Waals surface area contributed by atoms with Crippen LogP contribution in [0, 0.1) is 0 Å². The zero-order valence-corrected chi connectivity index (χ0v) is 11.9. The predicted octanol–water partition coefficient (Wildman–Crippen LogP) is 3.36. The van der Waals surface area contributed by atoms with Crippen molar-refractivity contribution in [2.45, 2.75) is 0 Å². The van der Waals surface area contributed by atoms with Gasteiger partial charge in [0.15, 0.2) is 0 Å². The van der Waals surface area contributed by atoms with Crippen molar-refractivity contribution in [1.29, 1.82) is 0 Å².